The number of likely N-dealkylation sites (N-methyl/N-ethyl adjacent to an activating group) is 1. The highest BCUT2D eigenvalue weighted by Crippen LogP contribution is 2.13. The van der Waals surface area contributed by atoms with Crippen LogP contribution in [0.2, 0.25) is 0 Å². The number of rotatable bonds is 3. The van der Waals surface area contributed by atoms with E-state index in [0.29, 0.717) is 11.3 Å². The lowest BCUT2D eigenvalue weighted by Gasteiger charge is -2.13. The number of hydrogen-bond acceptors (Lipinski definition) is 3. The second-order valence-electron chi connectivity index (χ2n) is 3.90. The van der Waals surface area contributed by atoms with Gasteiger partial charge in [0.1, 0.15) is 6.04 Å². The molecule has 0 bridgehead atoms. The summed E-state index contributed by atoms with van der Waals surface area (Å²) >= 11 is 0. The maximum absolute atomic E-state index is 11.9. The summed E-state index contributed by atoms with van der Waals surface area (Å²) in [6, 6.07) is 4.61. The molecule has 2 amide bonds. The number of anilines is 1. The minimum atomic E-state index is -0.590. The molecule has 0 saturated heterocycles. The Morgan fingerprint density at radius 3 is 2.59 bits per heavy atom. The van der Waals surface area contributed by atoms with Crippen molar-refractivity contribution >= 4 is 17.5 Å². The van der Waals surface area contributed by atoms with Crippen molar-refractivity contribution in [2.24, 2.45) is 0 Å². The summed E-state index contributed by atoms with van der Waals surface area (Å²) in [4.78, 5) is 23.2. The Morgan fingerprint density at radius 2 is 2.00 bits per heavy atom. The van der Waals surface area contributed by atoms with Gasteiger partial charge in [-0.1, -0.05) is 11.6 Å². The van der Waals surface area contributed by atoms with Gasteiger partial charge in [0.2, 0.25) is 5.91 Å². The van der Waals surface area contributed by atoms with E-state index in [1.54, 1.807) is 19.1 Å². The normalized spacial score (nSPS) is 11.7. The van der Waals surface area contributed by atoms with Gasteiger partial charge in [-0.15, -0.1) is 0 Å². The molecule has 4 N–H and O–H groups in total. The number of carbonyl (C=O) groups excluding carboxylic acids is 2. The van der Waals surface area contributed by atoms with Gasteiger partial charge in [0.15, 0.2) is 0 Å². The first kappa shape index (κ1) is 13.0. The Balaban J connectivity index is 2.83. The van der Waals surface area contributed by atoms with Crippen molar-refractivity contribution in [3.05, 3.63) is 29.3 Å². The lowest BCUT2D eigenvalue weighted by molar-refractivity contribution is -0.122. The SMILES string of the molecule is CNC(=O)C(C)NC(=O)c1cc(C)ccc1N. The minimum absolute atomic E-state index is 0.246. The Kier molecular flexibility index (Phi) is 4.09. The van der Waals surface area contributed by atoms with Crippen LogP contribution in [0.4, 0.5) is 5.69 Å². The lowest BCUT2D eigenvalue weighted by Crippen LogP contribution is -2.43. The van der Waals surface area contributed by atoms with Crippen LogP contribution < -0.4 is 16.4 Å². The van der Waals surface area contributed by atoms with Crippen molar-refractivity contribution in [1.29, 1.82) is 0 Å². The molecule has 0 radical (unpaired) electrons. The van der Waals surface area contributed by atoms with E-state index in [9.17, 15) is 9.59 Å². The smallest absolute Gasteiger partial charge is 0.254 e. The molecule has 17 heavy (non-hydrogen) atoms. The van der Waals surface area contributed by atoms with Crippen molar-refractivity contribution in [2.75, 3.05) is 12.8 Å². The molecule has 0 aliphatic carbocycles. The van der Waals surface area contributed by atoms with Crippen LogP contribution in [0.15, 0.2) is 18.2 Å². The molecule has 5 nitrogen and oxygen atoms in total. The van der Waals surface area contributed by atoms with E-state index in [-0.39, 0.29) is 11.8 Å². The van der Waals surface area contributed by atoms with Gasteiger partial charge in [0.05, 0.1) is 5.56 Å². The number of nitrogens with two attached hydrogens (primary N) is 1. The molecule has 1 unspecified atom stereocenters. The van der Waals surface area contributed by atoms with E-state index < -0.39 is 6.04 Å². The summed E-state index contributed by atoms with van der Waals surface area (Å²) in [5.74, 6) is -0.591. The molecular formula is C12H17N3O2. The fourth-order valence-electron chi connectivity index (χ4n) is 1.42. The molecule has 0 fully saturated rings. The number of nitrogen functional groups attached to an aromatic ring is 1. The average Bonchev–Trinajstić information content (AvgIpc) is 2.30. The average molecular weight is 235 g/mol. The topological polar surface area (TPSA) is 84.2 Å². The predicted octanol–water partition coefficient (Wildman–Crippen LogP) is 0.442. The molecule has 1 aromatic rings. The van der Waals surface area contributed by atoms with Crippen molar-refractivity contribution in [3.8, 4) is 0 Å². The number of aryl methyl sites for hydroxylation is 1. The molecule has 0 saturated carbocycles. The van der Waals surface area contributed by atoms with Crippen LogP contribution in [0.5, 0.6) is 0 Å². The van der Waals surface area contributed by atoms with E-state index in [2.05, 4.69) is 10.6 Å². The highest BCUT2D eigenvalue weighted by atomic mass is 16.2. The Labute approximate surface area is 100 Å². The zero-order valence-corrected chi connectivity index (χ0v) is 10.2. The molecule has 0 heterocycles. The van der Waals surface area contributed by atoms with E-state index in [1.165, 1.54) is 7.05 Å². The first-order valence-corrected chi connectivity index (χ1v) is 5.34. The molecule has 92 valence electrons. The molecule has 1 rings (SSSR count). The van der Waals surface area contributed by atoms with E-state index >= 15 is 0 Å². The summed E-state index contributed by atoms with van der Waals surface area (Å²) in [6.07, 6.45) is 0. The molecule has 1 aromatic carbocycles. The molecule has 5 heteroatoms. The molecule has 0 aliphatic heterocycles. The molecule has 0 aromatic heterocycles. The van der Waals surface area contributed by atoms with Crippen LogP contribution in [0.3, 0.4) is 0 Å². The second-order valence-corrected chi connectivity index (χ2v) is 3.90. The van der Waals surface area contributed by atoms with Crippen LogP contribution in [0, 0.1) is 6.92 Å². The number of hydrogen-bond donors (Lipinski definition) is 3. The van der Waals surface area contributed by atoms with Crippen LogP contribution in [-0.2, 0) is 4.79 Å². The Bertz CT molecular complexity index is 443. The predicted molar refractivity (Wildman–Crippen MR) is 66.6 cm³/mol. The van der Waals surface area contributed by atoms with Gasteiger partial charge >= 0.3 is 0 Å². The lowest BCUT2D eigenvalue weighted by atomic mass is 10.1. The minimum Gasteiger partial charge on any atom is -0.398 e. The standard InChI is InChI=1S/C12H17N3O2/c1-7-4-5-10(13)9(6-7)12(17)15-8(2)11(16)14-3/h4-6,8H,13H2,1-3H3,(H,14,16)(H,15,17). The number of nitrogens with one attached hydrogen (secondary N) is 2. The first-order chi connectivity index (χ1) is 7.95. The van der Waals surface area contributed by atoms with Crippen LogP contribution in [-0.4, -0.2) is 24.9 Å². The third-order valence-corrected chi connectivity index (χ3v) is 2.44. The van der Waals surface area contributed by atoms with Gasteiger partial charge < -0.3 is 16.4 Å². The van der Waals surface area contributed by atoms with Crippen molar-refractivity contribution < 1.29 is 9.59 Å². The molecule has 0 aliphatic rings. The molecule has 1 atom stereocenters. The monoisotopic (exact) mass is 235 g/mol. The second kappa shape index (κ2) is 5.34. The van der Waals surface area contributed by atoms with Crippen molar-refractivity contribution in [3.63, 3.8) is 0 Å². The number of amides is 2. The van der Waals surface area contributed by atoms with Gasteiger partial charge in [-0.3, -0.25) is 9.59 Å². The van der Waals surface area contributed by atoms with Crippen LogP contribution in [0.1, 0.15) is 22.8 Å². The summed E-state index contributed by atoms with van der Waals surface area (Å²) in [6.45, 7) is 3.49. The fourth-order valence-corrected chi connectivity index (χ4v) is 1.42. The Morgan fingerprint density at radius 1 is 1.35 bits per heavy atom. The van der Waals surface area contributed by atoms with Crippen molar-refractivity contribution in [1.82, 2.24) is 10.6 Å². The zero-order valence-electron chi connectivity index (χ0n) is 10.2. The third-order valence-electron chi connectivity index (χ3n) is 2.44. The van der Waals surface area contributed by atoms with Crippen LogP contribution >= 0.6 is 0 Å². The van der Waals surface area contributed by atoms with E-state index in [0.717, 1.165) is 5.56 Å². The highest BCUT2D eigenvalue weighted by Gasteiger charge is 2.16. The maximum Gasteiger partial charge on any atom is 0.254 e. The summed E-state index contributed by atoms with van der Waals surface area (Å²) in [5.41, 5.74) is 7.44. The van der Waals surface area contributed by atoms with E-state index in [4.69, 9.17) is 5.73 Å². The van der Waals surface area contributed by atoms with Gasteiger partial charge in [-0.2, -0.15) is 0 Å². The summed E-state index contributed by atoms with van der Waals surface area (Å²) in [7, 11) is 1.52. The highest BCUT2D eigenvalue weighted by molar-refractivity contribution is 6.01. The number of benzene rings is 1. The summed E-state index contributed by atoms with van der Waals surface area (Å²) in [5, 5.41) is 5.05. The molecular weight excluding hydrogens is 218 g/mol. The summed E-state index contributed by atoms with van der Waals surface area (Å²) < 4.78 is 0. The third kappa shape index (κ3) is 3.21. The van der Waals surface area contributed by atoms with Gasteiger partial charge in [-0.05, 0) is 26.0 Å². The van der Waals surface area contributed by atoms with Gasteiger partial charge in [0.25, 0.3) is 5.91 Å². The fraction of sp³-hybridized carbons (Fsp3) is 0.333. The first-order valence-electron chi connectivity index (χ1n) is 5.34. The van der Waals surface area contributed by atoms with Gasteiger partial charge in [-0.25, -0.2) is 0 Å². The maximum atomic E-state index is 11.9. The number of carbonyl (C=O) groups is 2. The van der Waals surface area contributed by atoms with E-state index in [1.807, 2.05) is 13.0 Å². The van der Waals surface area contributed by atoms with Crippen molar-refractivity contribution in [2.45, 2.75) is 19.9 Å². The largest absolute Gasteiger partial charge is 0.398 e. The quantitative estimate of drug-likeness (QED) is 0.665. The Hall–Kier alpha value is -2.04. The van der Waals surface area contributed by atoms with Crippen LogP contribution in [0.25, 0.3) is 0 Å². The van der Waals surface area contributed by atoms with Gasteiger partial charge in [0, 0.05) is 12.7 Å². The molecule has 0 spiro atoms. The zero-order chi connectivity index (χ0) is 13.0.